The van der Waals surface area contributed by atoms with Gasteiger partial charge in [-0.3, -0.25) is 0 Å². The largest absolute Gasteiger partial charge is 0.494 e. The molecule has 6 nitrogen and oxygen atoms in total. The van der Waals surface area contributed by atoms with Crippen LogP contribution in [-0.2, 0) is 0 Å². The molecular formula is C23H26N4O2. The van der Waals surface area contributed by atoms with Crippen molar-refractivity contribution < 1.29 is 9.53 Å². The molecule has 4 rings (SSSR count). The van der Waals surface area contributed by atoms with Gasteiger partial charge in [-0.05, 0) is 37.5 Å². The Bertz CT molecular complexity index is 984. The molecular weight excluding hydrogens is 364 g/mol. The molecule has 0 saturated carbocycles. The van der Waals surface area contributed by atoms with E-state index in [2.05, 4.69) is 34.6 Å². The lowest BCUT2D eigenvalue weighted by Gasteiger charge is -2.33. The fourth-order valence-electron chi connectivity index (χ4n) is 3.88. The van der Waals surface area contributed by atoms with Crippen LogP contribution in [-0.4, -0.2) is 40.7 Å². The zero-order chi connectivity index (χ0) is 20.2. The lowest BCUT2D eigenvalue weighted by Crippen LogP contribution is -2.41. The number of ether oxygens (including phenoxy) is 1. The molecule has 2 aromatic carbocycles. The van der Waals surface area contributed by atoms with Gasteiger partial charge in [0.15, 0.2) is 0 Å². The number of nitrogens with zero attached hydrogens (tertiary/aromatic N) is 3. The van der Waals surface area contributed by atoms with Crippen molar-refractivity contribution in [1.82, 2.24) is 14.5 Å². The van der Waals surface area contributed by atoms with Crippen molar-refractivity contribution in [3.8, 4) is 11.4 Å². The van der Waals surface area contributed by atoms with Crippen LogP contribution in [0.25, 0.3) is 5.69 Å². The number of benzene rings is 2. The molecule has 0 bridgehead atoms. The van der Waals surface area contributed by atoms with Crippen LogP contribution in [0.1, 0.15) is 30.0 Å². The minimum Gasteiger partial charge on any atom is -0.494 e. The Morgan fingerprint density at radius 3 is 2.76 bits per heavy atom. The number of imidazole rings is 1. The van der Waals surface area contributed by atoms with E-state index in [-0.39, 0.29) is 6.03 Å². The number of aromatic nitrogens is 2. The van der Waals surface area contributed by atoms with Gasteiger partial charge in [-0.1, -0.05) is 30.3 Å². The number of hydrogen-bond donors (Lipinski definition) is 1. The molecule has 1 aliphatic rings. The third-order valence-corrected chi connectivity index (χ3v) is 5.40. The molecule has 0 radical (unpaired) electrons. The number of rotatable bonds is 4. The molecule has 1 unspecified atom stereocenters. The number of likely N-dealkylation sites (tertiary alicyclic amines) is 1. The van der Waals surface area contributed by atoms with E-state index in [4.69, 9.17) is 4.74 Å². The zero-order valence-corrected chi connectivity index (χ0v) is 16.8. The van der Waals surface area contributed by atoms with Gasteiger partial charge in [0.2, 0.25) is 0 Å². The van der Waals surface area contributed by atoms with Crippen molar-refractivity contribution in [2.45, 2.75) is 25.7 Å². The van der Waals surface area contributed by atoms with Crippen LogP contribution in [0.5, 0.6) is 5.75 Å². The second-order valence-electron chi connectivity index (χ2n) is 7.43. The summed E-state index contributed by atoms with van der Waals surface area (Å²) in [4.78, 5) is 19.0. The molecule has 3 aromatic rings. The predicted octanol–water partition coefficient (Wildman–Crippen LogP) is 4.60. The molecule has 29 heavy (non-hydrogen) atoms. The molecule has 2 heterocycles. The zero-order valence-electron chi connectivity index (χ0n) is 16.8. The van der Waals surface area contributed by atoms with E-state index >= 15 is 0 Å². The Kier molecular flexibility index (Phi) is 5.51. The van der Waals surface area contributed by atoms with Crippen LogP contribution in [0.2, 0.25) is 0 Å². The number of urea groups is 1. The van der Waals surface area contributed by atoms with Gasteiger partial charge in [0.25, 0.3) is 0 Å². The monoisotopic (exact) mass is 390 g/mol. The van der Waals surface area contributed by atoms with E-state index in [0.717, 1.165) is 37.3 Å². The number of aryl methyl sites for hydroxylation is 1. The number of carbonyl (C=O) groups is 1. The average molecular weight is 390 g/mol. The highest BCUT2D eigenvalue weighted by Crippen LogP contribution is 2.29. The molecule has 1 fully saturated rings. The fraction of sp³-hybridized carbons (Fsp3) is 0.304. The summed E-state index contributed by atoms with van der Waals surface area (Å²) in [6, 6.07) is 16.0. The fourth-order valence-corrected chi connectivity index (χ4v) is 3.88. The van der Waals surface area contributed by atoms with Crippen molar-refractivity contribution in [3.63, 3.8) is 0 Å². The Hall–Kier alpha value is -3.28. The van der Waals surface area contributed by atoms with Crippen molar-refractivity contribution in [1.29, 1.82) is 0 Å². The van der Waals surface area contributed by atoms with Gasteiger partial charge in [0, 0.05) is 37.0 Å². The summed E-state index contributed by atoms with van der Waals surface area (Å²) in [5.74, 6) is 1.07. The minimum absolute atomic E-state index is 0.0705. The molecule has 2 amide bonds. The first kappa shape index (κ1) is 19.1. The summed E-state index contributed by atoms with van der Waals surface area (Å²) in [5.41, 5.74) is 3.83. The van der Waals surface area contributed by atoms with E-state index in [1.807, 2.05) is 46.9 Å². The standard InChI is InChI=1S/C23H26N4O2/c1-17-14-27(16-24-17)21-11-10-20(13-22(21)29-2)25-23(28)26-12-6-9-19(15-26)18-7-4-3-5-8-18/h3-5,7-8,10-11,13-14,16,19H,6,9,12,15H2,1-2H3,(H,25,28). The van der Waals surface area contributed by atoms with Gasteiger partial charge in [-0.2, -0.15) is 0 Å². The van der Waals surface area contributed by atoms with Crippen molar-refractivity contribution >= 4 is 11.7 Å². The number of amides is 2. The molecule has 1 saturated heterocycles. The van der Waals surface area contributed by atoms with E-state index in [1.165, 1.54) is 5.56 Å². The van der Waals surface area contributed by atoms with Crippen LogP contribution in [0.4, 0.5) is 10.5 Å². The molecule has 1 aliphatic heterocycles. The van der Waals surface area contributed by atoms with Gasteiger partial charge >= 0.3 is 6.03 Å². The normalized spacial score (nSPS) is 16.5. The van der Waals surface area contributed by atoms with Crippen molar-refractivity contribution in [2.24, 2.45) is 0 Å². The molecule has 1 aromatic heterocycles. The number of piperidine rings is 1. The van der Waals surface area contributed by atoms with Gasteiger partial charge in [0.05, 0.1) is 24.8 Å². The maximum atomic E-state index is 12.9. The molecule has 150 valence electrons. The second-order valence-corrected chi connectivity index (χ2v) is 7.43. The van der Waals surface area contributed by atoms with Crippen molar-refractivity contribution in [3.05, 3.63) is 72.3 Å². The SMILES string of the molecule is COc1cc(NC(=O)N2CCCC(c3ccccc3)C2)ccc1-n1cnc(C)c1. The summed E-state index contributed by atoms with van der Waals surface area (Å²) in [6.45, 7) is 3.46. The van der Waals surface area contributed by atoms with E-state index in [9.17, 15) is 4.79 Å². The van der Waals surface area contributed by atoms with Crippen LogP contribution in [0.3, 0.4) is 0 Å². The summed E-state index contributed by atoms with van der Waals surface area (Å²) < 4.78 is 7.45. The third kappa shape index (κ3) is 4.26. The van der Waals surface area contributed by atoms with Gasteiger partial charge in [-0.15, -0.1) is 0 Å². The molecule has 1 N–H and O–H groups in total. The van der Waals surface area contributed by atoms with Gasteiger partial charge in [-0.25, -0.2) is 9.78 Å². The number of methoxy groups -OCH3 is 1. The summed E-state index contributed by atoms with van der Waals surface area (Å²) in [7, 11) is 1.63. The lowest BCUT2D eigenvalue weighted by atomic mass is 9.91. The highest BCUT2D eigenvalue weighted by molar-refractivity contribution is 5.90. The average Bonchev–Trinajstić information content (AvgIpc) is 3.20. The molecule has 0 spiro atoms. The van der Waals surface area contributed by atoms with Gasteiger partial charge in [0.1, 0.15) is 5.75 Å². The Balaban J connectivity index is 1.46. The maximum Gasteiger partial charge on any atom is 0.321 e. The van der Waals surface area contributed by atoms with Crippen LogP contribution in [0, 0.1) is 6.92 Å². The number of nitrogens with one attached hydrogen (secondary N) is 1. The third-order valence-electron chi connectivity index (χ3n) is 5.40. The first-order valence-electron chi connectivity index (χ1n) is 9.94. The van der Waals surface area contributed by atoms with Crippen LogP contribution < -0.4 is 10.1 Å². The summed E-state index contributed by atoms with van der Waals surface area (Å²) >= 11 is 0. The smallest absolute Gasteiger partial charge is 0.321 e. The van der Waals surface area contributed by atoms with E-state index in [1.54, 1.807) is 13.4 Å². The summed E-state index contributed by atoms with van der Waals surface area (Å²) in [6.07, 6.45) is 5.81. The number of hydrogen-bond acceptors (Lipinski definition) is 3. The minimum atomic E-state index is -0.0705. The molecule has 0 aliphatic carbocycles. The van der Waals surface area contributed by atoms with Crippen LogP contribution in [0.15, 0.2) is 61.1 Å². The molecule has 1 atom stereocenters. The lowest BCUT2D eigenvalue weighted by molar-refractivity contribution is 0.193. The van der Waals surface area contributed by atoms with Gasteiger partial charge < -0.3 is 19.5 Å². The number of anilines is 1. The quantitative estimate of drug-likeness (QED) is 0.708. The Morgan fingerprint density at radius 1 is 1.21 bits per heavy atom. The first-order valence-corrected chi connectivity index (χ1v) is 9.94. The maximum absolute atomic E-state index is 12.9. The Labute approximate surface area is 171 Å². The highest BCUT2D eigenvalue weighted by atomic mass is 16.5. The summed E-state index contributed by atoms with van der Waals surface area (Å²) in [5, 5.41) is 3.02. The Morgan fingerprint density at radius 2 is 2.03 bits per heavy atom. The van der Waals surface area contributed by atoms with E-state index in [0.29, 0.717) is 17.4 Å². The highest BCUT2D eigenvalue weighted by Gasteiger charge is 2.25. The van der Waals surface area contributed by atoms with Crippen molar-refractivity contribution in [2.75, 3.05) is 25.5 Å². The number of carbonyl (C=O) groups excluding carboxylic acids is 1. The first-order chi connectivity index (χ1) is 14.1. The second kappa shape index (κ2) is 8.39. The van der Waals surface area contributed by atoms with E-state index < -0.39 is 0 Å². The topological polar surface area (TPSA) is 59.4 Å². The predicted molar refractivity (Wildman–Crippen MR) is 114 cm³/mol. The van der Waals surface area contributed by atoms with Crippen LogP contribution >= 0.6 is 0 Å². The molecule has 6 heteroatoms.